The van der Waals surface area contributed by atoms with E-state index in [0.29, 0.717) is 36.2 Å². The molecule has 0 fully saturated rings. The summed E-state index contributed by atoms with van der Waals surface area (Å²) in [5.41, 5.74) is 1.68. The third-order valence-electron chi connectivity index (χ3n) is 3.97. The molecular weight excluding hydrogens is 317 g/mol. The largest absolute Gasteiger partial charge is 0.295 e. The van der Waals surface area contributed by atoms with Crippen LogP contribution in [0.5, 0.6) is 0 Å². The predicted molar refractivity (Wildman–Crippen MR) is 85.7 cm³/mol. The summed E-state index contributed by atoms with van der Waals surface area (Å²) in [5.74, 6) is -0.485. The maximum atomic E-state index is 13.4. The van der Waals surface area contributed by atoms with E-state index in [2.05, 4.69) is 0 Å². The number of sulfonamides is 1. The van der Waals surface area contributed by atoms with Crippen molar-refractivity contribution in [3.63, 3.8) is 0 Å². The van der Waals surface area contributed by atoms with Gasteiger partial charge in [-0.3, -0.25) is 9.10 Å². The molecule has 0 radical (unpaired) electrons. The Labute approximate surface area is 134 Å². The number of carbonyl (C=O) groups is 1. The molecule has 0 atom stereocenters. The van der Waals surface area contributed by atoms with E-state index in [1.165, 1.54) is 53.7 Å². The Kier molecular flexibility index (Phi) is 3.93. The van der Waals surface area contributed by atoms with Gasteiger partial charge in [-0.1, -0.05) is 12.1 Å². The monoisotopic (exact) mass is 333 g/mol. The minimum atomic E-state index is -3.73. The van der Waals surface area contributed by atoms with Gasteiger partial charge in [0, 0.05) is 12.1 Å². The Hall–Kier alpha value is -2.21. The summed E-state index contributed by atoms with van der Waals surface area (Å²) < 4.78 is 40.4. The Morgan fingerprint density at radius 2 is 1.83 bits per heavy atom. The van der Waals surface area contributed by atoms with E-state index in [4.69, 9.17) is 0 Å². The molecule has 0 bridgehead atoms. The van der Waals surface area contributed by atoms with Crippen molar-refractivity contribution in [3.05, 3.63) is 59.4 Å². The van der Waals surface area contributed by atoms with Crippen LogP contribution in [0.1, 0.15) is 29.3 Å². The average molecular weight is 333 g/mol. The molecule has 120 valence electrons. The number of ketones is 1. The van der Waals surface area contributed by atoms with Crippen molar-refractivity contribution in [2.45, 2.75) is 24.7 Å². The first-order valence-electron chi connectivity index (χ1n) is 7.32. The number of anilines is 1. The molecule has 0 saturated carbocycles. The fraction of sp³-hybridized carbons (Fsp3) is 0.235. The van der Waals surface area contributed by atoms with Crippen LogP contribution in [-0.2, 0) is 16.4 Å². The molecule has 4 nitrogen and oxygen atoms in total. The number of halogens is 1. The van der Waals surface area contributed by atoms with Crippen molar-refractivity contribution in [2.75, 3.05) is 10.8 Å². The van der Waals surface area contributed by atoms with Crippen LogP contribution in [0, 0.1) is 5.82 Å². The van der Waals surface area contributed by atoms with Crippen molar-refractivity contribution in [3.8, 4) is 0 Å². The molecule has 23 heavy (non-hydrogen) atoms. The number of aryl methyl sites for hydroxylation is 1. The molecule has 2 aromatic rings. The molecule has 0 aliphatic carbocycles. The smallest absolute Gasteiger partial charge is 0.264 e. The summed E-state index contributed by atoms with van der Waals surface area (Å²) in [6.45, 7) is 1.79. The lowest BCUT2D eigenvalue weighted by Crippen LogP contribution is -2.35. The fourth-order valence-corrected chi connectivity index (χ4v) is 4.31. The van der Waals surface area contributed by atoms with Crippen LogP contribution >= 0.6 is 0 Å². The molecule has 1 aliphatic rings. The lowest BCUT2D eigenvalue weighted by Gasteiger charge is -2.30. The second kappa shape index (κ2) is 5.77. The van der Waals surface area contributed by atoms with E-state index >= 15 is 0 Å². The van der Waals surface area contributed by atoms with Crippen LogP contribution in [0.15, 0.2) is 47.4 Å². The van der Waals surface area contributed by atoms with Gasteiger partial charge in [0.15, 0.2) is 5.78 Å². The molecule has 0 saturated heterocycles. The summed E-state index contributed by atoms with van der Waals surface area (Å²) >= 11 is 0. The van der Waals surface area contributed by atoms with E-state index in [1.807, 2.05) is 0 Å². The molecule has 1 heterocycles. The minimum Gasteiger partial charge on any atom is -0.295 e. The van der Waals surface area contributed by atoms with Crippen molar-refractivity contribution in [2.24, 2.45) is 0 Å². The first-order chi connectivity index (χ1) is 10.9. The molecule has 0 unspecified atom stereocenters. The number of carbonyl (C=O) groups excluding carboxylic acids is 1. The van der Waals surface area contributed by atoms with Gasteiger partial charge in [-0.25, -0.2) is 12.8 Å². The van der Waals surface area contributed by atoms with Gasteiger partial charge in [0.2, 0.25) is 0 Å². The first kappa shape index (κ1) is 15.7. The van der Waals surface area contributed by atoms with Crippen LogP contribution < -0.4 is 4.31 Å². The van der Waals surface area contributed by atoms with E-state index in [1.54, 1.807) is 0 Å². The predicted octanol–water partition coefficient (Wildman–Crippen LogP) is 3.17. The normalized spacial score (nSPS) is 14.4. The summed E-state index contributed by atoms with van der Waals surface area (Å²) in [7, 11) is -3.73. The highest BCUT2D eigenvalue weighted by Crippen LogP contribution is 2.32. The van der Waals surface area contributed by atoms with E-state index in [9.17, 15) is 17.6 Å². The molecular formula is C17H16FNO3S. The Bertz CT molecular complexity index is 860. The van der Waals surface area contributed by atoms with Crippen molar-refractivity contribution < 1.29 is 17.6 Å². The lowest BCUT2D eigenvalue weighted by atomic mass is 10.0. The zero-order valence-electron chi connectivity index (χ0n) is 12.6. The van der Waals surface area contributed by atoms with Crippen LogP contribution in [0.2, 0.25) is 0 Å². The maximum absolute atomic E-state index is 13.4. The summed E-state index contributed by atoms with van der Waals surface area (Å²) in [6, 6.07) is 10.0. The molecule has 0 aromatic heterocycles. The highest BCUT2D eigenvalue weighted by molar-refractivity contribution is 7.92. The van der Waals surface area contributed by atoms with Crippen LogP contribution in [-0.4, -0.2) is 20.7 Å². The quantitative estimate of drug-likeness (QED) is 0.811. The molecule has 2 aromatic carbocycles. The Balaban J connectivity index is 2.02. The number of nitrogens with zero attached hydrogens (tertiary/aromatic N) is 1. The van der Waals surface area contributed by atoms with Gasteiger partial charge in [0.05, 0.1) is 10.6 Å². The van der Waals surface area contributed by atoms with Gasteiger partial charge in [-0.15, -0.1) is 0 Å². The zero-order valence-corrected chi connectivity index (χ0v) is 13.4. The molecule has 0 amide bonds. The molecule has 6 heteroatoms. The van der Waals surface area contributed by atoms with Gasteiger partial charge in [0.25, 0.3) is 10.0 Å². The third kappa shape index (κ3) is 2.86. The van der Waals surface area contributed by atoms with Crippen LogP contribution in [0.3, 0.4) is 0 Å². The third-order valence-corrected chi connectivity index (χ3v) is 5.79. The lowest BCUT2D eigenvalue weighted by molar-refractivity contribution is 0.101. The van der Waals surface area contributed by atoms with Gasteiger partial charge < -0.3 is 0 Å². The Morgan fingerprint density at radius 1 is 1.13 bits per heavy atom. The minimum absolute atomic E-state index is 0.118. The van der Waals surface area contributed by atoms with E-state index in [0.717, 1.165) is 0 Å². The molecule has 3 rings (SSSR count). The molecule has 0 spiro atoms. The second-order valence-corrected chi connectivity index (χ2v) is 7.40. The number of fused-ring (bicyclic) bond motifs is 1. The molecule has 1 aliphatic heterocycles. The number of Topliss-reactive ketones (excluding diaryl/α,β-unsaturated/α-hetero) is 1. The van der Waals surface area contributed by atoms with Gasteiger partial charge in [-0.05, 0) is 55.7 Å². The topological polar surface area (TPSA) is 54.5 Å². The standard InChI is InChI=1S/C17H16FNO3S/c1-12(20)13-4-7-16(8-5-13)23(21,22)19-10-2-3-14-11-15(18)6-9-17(14)19/h4-9,11H,2-3,10H2,1H3. The Morgan fingerprint density at radius 3 is 2.48 bits per heavy atom. The SMILES string of the molecule is CC(=O)c1ccc(S(=O)(=O)N2CCCc3cc(F)ccc32)cc1. The highest BCUT2D eigenvalue weighted by atomic mass is 32.2. The van der Waals surface area contributed by atoms with Gasteiger partial charge in [-0.2, -0.15) is 0 Å². The van der Waals surface area contributed by atoms with E-state index < -0.39 is 10.0 Å². The van der Waals surface area contributed by atoms with E-state index in [-0.39, 0.29) is 16.5 Å². The number of hydrogen-bond donors (Lipinski definition) is 0. The summed E-state index contributed by atoms with van der Waals surface area (Å²) in [4.78, 5) is 11.4. The van der Waals surface area contributed by atoms with Crippen molar-refractivity contribution >= 4 is 21.5 Å². The molecule has 0 N–H and O–H groups in total. The van der Waals surface area contributed by atoms with Crippen molar-refractivity contribution in [1.29, 1.82) is 0 Å². The maximum Gasteiger partial charge on any atom is 0.264 e. The zero-order chi connectivity index (χ0) is 16.6. The van der Waals surface area contributed by atoms with Crippen LogP contribution in [0.25, 0.3) is 0 Å². The number of hydrogen-bond acceptors (Lipinski definition) is 3. The van der Waals surface area contributed by atoms with Crippen molar-refractivity contribution in [1.82, 2.24) is 0 Å². The average Bonchev–Trinajstić information content (AvgIpc) is 2.54. The van der Waals surface area contributed by atoms with Crippen LogP contribution in [0.4, 0.5) is 10.1 Å². The summed E-state index contributed by atoms with van der Waals surface area (Å²) in [5, 5.41) is 0. The number of benzene rings is 2. The summed E-state index contributed by atoms with van der Waals surface area (Å²) in [6.07, 6.45) is 1.30. The second-order valence-electron chi connectivity index (χ2n) is 5.53. The van der Waals surface area contributed by atoms with Gasteiger partial charge >= 0.3 is 0 Å². The fourth-order valence-electron chi connectivity index (χ4n) is 2.77. The number of rotatable bonds is 3. The van der Waals surface area contributed by atoms with Gasteiger partial charge in [0.1, 0.15) is 5.82 Å². The highest BCUT2D eigenvalue weighted by Gasteiger charge is 2.29. The first-order valence-corrected chi connectivity index (χ1v) is 8.76.